The van der Waals surface area contributed by atoms with Crippen molar-refractivity contribution in [3.63, 3.8) is 0 Å². The van der Waals surface area contributed by atoms with Gasteiger partial charge in [0.15, 0.2) is 0 Å². The maximum atomic E-state index is 12.7. The summed E-state index contributed by atoms with van der Waals surface area (Å²) in [5.41, 5.74) is 1.93. The number of piperidine rings is 1. The van der Waals surface area contributed by atoms with Crippen molar-refractivity contribution in [2.24, 2.45) is 5.92 Å². The molecule has 1 aliphatic heterocycles. The SMILES string of the molecule is CC(NC(=O)C(C)N1CCC(C(=O)Nc2ccccc2)CC1)c1ccccc1. The lowest BCUT2D eigenvalue weighted by Gasteiger charge is -2.35. The highest BCUT2D eigenvalue weighted by atomic mass is 16.2. The van der Waals surface area contributed by atoms with Gasteiger partial charge in [0.2, 0.25) is 11.8 Å². The Kier molecular flexibility index (Phi) is 6.82. The van der Waals surface area contributed by atoms with Gasteiger partial charge in [-0.2, -0.15) is 0 Å². The molecule has 2 N–H and O–H groups in total. The molecule has 28 heavy (non-hydrogen) atoms. The van der Waals surface area contributed by atoms with Crippen molar-refractivity contribution in [1.82, 2.24) is 10.2 Å². The van der Waals surface area contributed by atoms with E-state index >= 15 is 0 Å². The minimum absolute atomic E-state index is 0.00467. The molecule has 0 spiro atoms. The van der Waals surface area contributed by atoms with Crippen molar-refractivity contribution in [2.75, 3.05) is 18.4 Å². The van der Waals surface area contributed by atoms with Crippen LogP contribution >= 0.6 is 0 Å². The summed E-state index contributed by atoms with van der Waals surface area (Å²) in [6.45, 7) is 5.44. The largest absolute Gasteiger partial charge is 0.348 e. The summed E-state index contributed by atoms with van der Waals surface area (Å²) in [6, 6.07) is 19.3. The summed E-state index contributed by atoms with van der Waals surface area (Å²) >= 11 is 0. The Morgan fingerprint density at radius 1 is 0.929 bits per heavy atom. The zero-order chi connectivity index (χ0) is 19.9. The summed E-state index contributed by atoms with van der Waals surface area (Å²) in [7, 11) is 0. The third-order valence-corrected chi connectivity index (χ3v) is 5.53. The van der Waals surface area contributed by atoms with Gasteiger partial charge in [-0.25, -0.2) is 0 Å². The van der Waals surface area contributed by atoms with Crippen LogP contribution in [0.2, 0.25) is 0 Å². The topological polar surface area (TPSA) is 61.4 Å². The molecule has 1 fully saturated rings. The van der Waals surface area contributed by atoms with E-state index in [2.05, 4.69) is 15.5 Å². The fraction of sp³-hybridized carbons (Fsp3) is 0.391. The monoisotopic (exact) mass is 379 g/mol. The van der Waals surface area contributed by atoms with Crippen molar-refractivity contribution in [2.45, 2.75) is 38.8 Å². The van der Waals surface area contributed by atoms with E-state index in [4.69, 9.17) is 0 Å². The van der Waals surface area contributed by atoms with E-state index in [-0.39, 0.29) is 29.8 Å². The molecule has 5 heteroatoms. The van der Waals surface area contributed by atoms with Crippen LogP contribution in [0, 0.1) is 5.92 Å². The van der Waals surface area contributed by atoms with Crippen LogP contribution in [0.15, 0.2) is 60.7 Å². The van der Waals surface area contributed by atoms with Crippen LogP contribution in [0.4, 0.5) is 5.69 Å². The number of carbonyl (C=O) groups is 2. The second kappa shape index (κ2) is 9.51. The van der Waals surface area contributed by atoms with Gasteiger partial charge in [0.05, 0.1) is 12.1 Å². The summed E-state index contributed by atoms with van der Waals surface area (Å²) in [4.78, 5) is 27.3. The van der Waals surface area contributed by atoms with Crippen molar-refractivity contribution < 1.29 is 9.59 Å². The Morgan fingerprint density at radius 2 is 1.50 bits per heavy atom. The molecule has 0 aliphatic carbocycles. The predicted octanol–water partition coefficient (Wildman–Crippen LogP) is 3.60. The first-order valence-electron chi connectivity index (χ1n) is 10.00. The van der Waals surface area contributed by atoms with Crippen molar-refractivity contribution in [3.8, 4) is 0 Å². The Morgan fingerprint density at radius 3 is 2.11 bits per heavy atom. The number of para-hydroxylation sites is 1. The first-order chi connectivity index (χ1) is 13.5. The average Bonchev–Trinajstić information content (AvgIpc) is 2.74. The fourth-order valence-corrected chi connectivity index (χ4v) is 3.64. The van der Waals surface area contributed by atoms with Crippen LogP contribution in [0.3, 0.4) is 0 Å². The van der Waals surface area contributed by atoms with Crippen molar-refractivity contribution in [3.05, 3.63) is 66.2 Å². The summed E-state index contributed by atoms with van der Waals surface area (Å²) in [5, 5.41) is 6.09. The van der Waals surface area contributed by atoms with Gasteiger partial charge >= 0.3 is 0 Å². The van der Waals surface area contributed by atoms with Crippen LogP contribution in [0.25, 0.3) is 0 Å². The molecule has 0 bridgehead atoms. The number of benzene rings is 2. The van der Waals surface area contributed by atoms with Crippen molar-refractivity contribution in [1.29, 1.82) is 0 Å². The second-order valence-electron chi connectivity index (χ2n) is 7.48. The molecule has 2 unspecified atom stereocenters. The van der Waals surface area contributed by atoms with Gasteiger partial charge in [0.25, 0.3) is 0 Å². The smallest absolute Gasteiger partial charge is 0.237 e. The van der Waals surface area contributed by atoms with Crippen LogP contribution in [0.5, 0.6) is 0 Å². The van der Waals surface area contributed by atoms with Gasteiger partial charge in [-0.3, -0.25) is 14.5 Å². The number of anilines is 1. The molecule has 3 rings (SSSR count). The highest BCUT2D eigenvalue weighted by molar-refractivity contribution is 5.92. The third-order valence-electron chi connectivity index (χ3n) is 5.53. The zero-order valence-corrected chi connectivity index (χ0v) is 16.6. The molecule has 1 saturated heterocycles. The number of hydrogen-bond donors (Lipinski definition) is 2. The van der Waals surface area contributed by atoms with Gasteiger partial charge < -0.3 is 10.6 Å². The quantitative estimate of drug-likeness (QED) is 0.806. The normalized spacial score (nSPS) is 17.5. The van der Waals surface area contributed by atoms with Gasteiger partial charge in [0.1, 0.15) is 0 Å². The number of amides is 2. The van der Waals surface area contributed by atoms with Gasteiger partial charge in [-0.1, -0.05) is 48.5 Å². The summed E-state index contributed by atoms with van der Waals surface area (Å²) in [6.07, 6.45) is 1.54. The lowest BCUT2D eigenvalue weighted by molar-refractivity contribution is -0.127. The molecule has 0 saturated carbocycles. The molecular formula is C23H29N3O2. The van der Waals surface area contributed by atoms with Crippen molar-refractivity contribution >= 4 is 17.5 Å². The Balaban J connectivity index is 1.47. The number of hydrogen-bond acceptors (Lipinski definition) is 3. The highest BCUT2D eigenvalue weighted by Crippen LogP contribution is 2.21. The number of carbonyl (C=O) groups excluding carboxylic acids is 2. The fourth-order valence-electron chi connectivity index (χ4n) is 3.64. The van der Waals surface area contributed by atoms with E-state index < -0.39 is 0 Å². The predicted molar refractivity (Wildman–Crippen MR) is 112 cm³/mol. The molecular weight excluding hydrogens is 350 g/mol. The zero-order valence-electron chi connectivity index (χ0n) is 16.6. The minimum atomic E-state index is -0.204. The number of nitrogens with one attached hydrogen (secondary N) is 2. The standard InChI is InChI=1S/C23H29N3O2/c1-17(19-9-5-3-6-10-19)24-22(27)18(2)26-15-13-20(14-16-26)23(28)25-21-11-7-4-8-12-21/h3-12,17-18,20H,13-16H2,1-2H3,(H,24,27)(H,25,28). The molecule has 2 atom stereocenters. The lowest BCUT2D eigenvalue weighted by atomic mass is 9.94. The van der Waals surface area contributed by atoms with Crippen LogP contribution < -0.4 is 10.6 Å². The lowest BCUT2D eigenvalue weighted by Crippen LogP contribution is -2.49. The molecule has 2 aromatic carbocycles. The molecule has 1 aliphatic rings. The highest BCUT2D eigenvalue weighted by Gasteiger charge is 2.30. The van der Waals surface area contributed by atoms with E-state index in [1.54, 1.807) is 0 Å². The van der Waals surface area contributed by atoms with E-state index in [9.17, 15) is 9.59 Å². The van der Waals surface area contributed by atoms with Gasteiger partial charge in [-0.05, 0) is 57.5 Å². The molecule has 0 aromatic heterocycles. The first-order valence-corrected chi connectivity index (χ1v) is 10.00. The molecule has 1 heterocycles. The minimum Gasteiger partial charge on any atom is -0.348 e. The molecule has 2 amide bonds. The van der Waals surface area contributed by atoms with E-state index in [1.165, 1.54) is 0 Å². The van der Waals surface area contributed by atoms with Crippen LogP contribution in [-0.4, -0.2) is 35.8 Å². The average molecular weight is 380 g/mol. The molecule has 2 aromatic rings. The first kappa shape index (κ1) is 20.1. The molecule has 5 nitrogen and oxygen atoms in total. The second-order valence-corrected chi connectivity index (χ2v) is 7.48. The Bertz CT molecular complexity index is 771. The van der Waals surface area contributed by atoms with E-state index in [0.717, 1.165) is 37.2 Å². The summed E-state index contributed by atoms with van der Waals surface area (Å²) < 4.78 is 0. The maximum absolute atomic E-state index is 12.7. The number of likely N-dealkylation sites (tertiary alicyclic amines) is 1. The van der Waals surface area contributed by atoms with E-state index in [0.29, 0.717) is 0 Å². The van der Waals surface area contributed by atoms with Gasteiger partial charge in [0, 0.05) is 11.6 Å². The molecule has 0 radical (unpaired) electrons. The number of nitrogens with zero attached hydrogens (tertiary/aromatic N) is 1. The third kappa shape index (κ3) is 5.20. The maximum Gasteiger partial charge on any atom is 0.237 e. The van der Waals surface area contributed by atoms with Gasteiger partial charge in [-0.15, -0.1) is 0 Å². The Hall–Kier alpha value is -2.66. The van der Waals surface area contributed by atoms with Crippen LogP contribution in [-0.2, 0) is 9.59 Å². The Labute approximate surface area is 167 Å². The number of rotatable bonds is 6. The van der Waals surface area contributed by atoms with E-state index in [1.807, 2.05) is 74.5 Å². The molecule has 148 valence electrons. The summed E-state index contributed by atoms with van der Waals surface area (Å²) in [5.74, 6) is 0.0964. The van der Waals surface area contributed by atoms with Crippen LogP contribution in [0.1, 0.15) is 38.3 Å².